The van der Waals surface area contributed by atoms with Crippen LogP contribution >= 0.6 is 0 Å². The minimum atomic E-state index is -0.567. The van der Waals surface area contributed by atoms with Crippen molar-refractivity contribution in [3.8, 4) is 5.75 Å². The van der Waals surface area contributed by atoms with Crippen molar-refractivity contribution in [2.24, 2.45) is 0 Å². The largest absolute Gasteiger partial charge is 0.484 e. The fourth-order valence-corrected chi connectivity index (χ4v) is 3.06. The molecule has 156 valence electrons. The van der Waals surface area contributed by atoms with Crippen LogP contribution in [0.4, 0.5) is 0 Å². The Hall–Kier alpha value is -2.82. The maximum Gasteiger partial charge on any atom is 0.261 e. The van der Waals surface area contributed by atoms with Crippen molar-refractivity contribution in [3.05, 3.63) is 65.7 Å². The zero-order valence-electron chi connectivity index (χ0n) is 18.1. The predicted molar refractivity (Wildman–Crippen MR) is 116 cm³/mol. The van der Waals surface area contributed by atoms with Crippen molar-refractivity contribution < 1.29 is 14.3 Å². The molecule has 2 aromatic carbocycles. The first-order chi connectivity index (χ1) is 13.7. The number of hydrogen-bond acceptors (Lipinski definition) is 3. The molecule has 5 nitrogen and oxygen atoms in total. The lowest BCUT2D eigenvalue weighted by atomic mass is 9.87. The highest BCUT2D eigenvalue weighted by molar-refractivity contribution is 5.87. The molecule has 5 heteroatoms. The van der Waals surface area contributed by atoms with Crippen molar-refractivity contribution in [1.82, 2.24) is 10.2 Å². The monoisotopic (exact) mass is 396 g/mol. The van der Waals surface area contributed by atoms with Gasteiger partial charge in [0.05, 0.1) is 0 Å². The summed E-state index contributed by atoms with van der Waals surface area (Å²) in [5.41, 5.74) is 2.38. The molecule has 0 spiro atoms. The van der Waals surface area contributed by atoms with Gasteiger partial charge in [0.2, 0.25) is 5.91 Å². The van der Waals surface area contributed by atoms with Gasteiger partial charge in [-0.05, 0) is 42.0 Å². The Kier molecular flexibility index (Phi) is 7.82. The van der Waals surface area contributed by atoms with E-state index in [-0.39, 0.29) is 23.8 Å². The van der Waals surface area contributed by atoms with Crippen molar-refractivity contribution in [1.29, 1.82) is 0 Å². The lowest BCUT2D eigenvalue weighted by molar-refractivity contribution is -0.141. The molecule has 29 heavy (non-hydrogen) atoms. The number of likely N-dealkylation sites (N-methyl/N-ethyl adjacent to an activating group) is 1. The van der Waals surface area contributed by atoms with Gasteiger partial charge in [0.15, 0.2) is 6.61 Å². The van der Waals surface area contributed by atoms with Crippen LogP contribution in [0.1, 0.15) is 38.8 Å². The minimum Gasteiger partial charge on any atom is -0.484 e. The summed E-state index contributed by atoms with van der Waals surface area (Å²) in [4.78, 5) is 26.6. The fraction of sp³-hybridized carbons (Fsp3) is 0.417. The summed E-state index contributed by atoms with van der Waals surface area (Å²) < 4.78 is 5.71. The summed E-state index contributed by atoms with van der Waals surface area (Å²) in [7, 11) is 1.58. The Morgan fingerprint density at radius 1 is 1.03 bits per heavy atom. The van der Waals surface area contributed by atoms with E-state index in [2.05, 4.69) is 26.1 Å². The van der Waals surface area contributed by atoms with E-state index in [0.717, 1.165) is 5.56 Å². The van der Waals surface area contributed by atoms with Crippen LogP contribution in [0.15, 0.2) is 54.6 Å². The van der Waals surface area contributed by atoms with E-state index >= 15 is 0 Å². The molecular formula is C24H32N2O3. The summed E-state index contributed by atoms with van der Waals surface area (Å²) in [6.45, 7) is 8.53. The number of carbonyl (C=O) groups excluding carboxylic acids is 2. The Morgan fingerprint density at radius 2 is 1.66 bits per heavy atom. The second kappa shape index (κ2) is 10.1. The summed E-state index contributed by atoms with van der Waals surface area (Å²) >= 11 is 0. The molecule has 0 saturated carbocycles. The highest BCUT2D eigenvalue weighted by Crippen LogP contribution is 2.24. The number of carbonyl (C=O) groups is 2. The number of amides is 2. The standard InChI is InChI=1S/C24H32N2O3/c1-18(23(28)25-5)26(16-15-19-9-7-6-8-10-19)22(27)17-29-21-13-11-20(12-14-21)24(2,3)4/h6-14,18H,15-17H2,1-5H3,(H,25,28)/t18-/m0/s1. The summed E-state index contributed by atoms with van der Waals surface area (Å²) in [6, 6.07) is 17.1. The van der Waals surface area contributed by atoms with Crippen LogP contribution < -0.4 is 10.1 Å². The van der Waals surface area contributed by atoms with Crippen LogP contribution in [0.5, 0.6) is 5.75 Å². The third-order valence-electron chi connectivity index (χ3n) is 4.98. The van der Waals surface area contributed by atoms with E-state index in [1.165, 1.54) is 5.56 Å². The van der Waals surface area contributed by atoms with Crippen molar-refractivity contribution >= 4 is 11.8 Å². The van der Waals surface area contributed by atoms with Gasteiger partial charge >= 0.3 is 0 Å². The van der Waals surface area contributed by atoms with E-state index in [1.807, 2.05) is 54.6 Å². The number of hydrogen-bond donors (Lipinski definition) is 1. The SMILES string of the molecule is CNC(=O)[C@H](C)N(CCc1ccccc1)C(=O)COc1ccc(C(C)(C)C)cc1. The first kappa shape index (κ1) is 22.5. The number of rotatable bonds is 8. The average molecular weight is 397 g/mol. The van der Waals surface area contributed by atoms with Crippen LogP contribution in [0.3, 0.4) is 0 Å². The molecule has 1 atom stereocenters. The third kappa shape index (κ3) is 6.63. The number of nitrogens with one attached hydrogen (secondary N) is 1. The maximum atomic E-state index is 12.8. The first-order valence-corrected chi connectivity index (χ1v) is 10.0. The van der Waals surface area contributed by atoms with Gasteiger partial charge in [0.25, 0.3) is 5.91 Å². The van der Waals surface area contributed by atoms with Gasteiger partial charge in [-0.3, -0.25) is 9.59 Å². The van der Waals surface area contributed by atoms with Crippen LogP contribution in [0.2, 0.25) is 0 Å². The average Bonchev–Trinajstić information content (AvgIpc) is 2.72. The highest BCUT2D eigenvalue weighted by Gasteiger charge is 2.25. The predicted octanol–water partition coefficient (Wildman–Crippen LogP) is 3.57. The molecule has 0 fully saturated rings. The zero-order chi connectivity index (χ0) is 21.4. The molecule has 0 aliphatic heterocycles. The molecule has 0 saturated heterocycles. The van der Waals surface area contributed by atoms with Gasteiger partial charge in [0, 0.05) is 13.6 Å². The molecule has 2 rings (SSSR count). The normalized spacial score (nSPS) is 12.2. The molecule has 1 N–H and O–H groups in total. The summed E-state index contributed by atoms with van der Waals surface area (Å²) in [5, 5.41) is 2.62. The van der Waals surface area contributed by atoms with Crippen LogP contribution in [-0.4, -0.2) is 43.0 Å². The molecule has 2 amide bonds. The molecule has 2 aromatic rings. The van der Waals surface area contributed by atoms with Gasteiger partial charge in [-0.25, -0.2) is 0 Å². The van der Waals surface area contributed by atoms with Gasteiger partial charge in [-0.1, -0.05) is 63.2 Å². The molecule has 0 aromatic heterocycles. The molecule has 0 bridgehead atoms. The third-order valence-corrected chi connectivity index (χ3v) is 4.98. The molecule has 0 aliphatic rings. The highest BCUT2D eigenvalue weighted by atomic mass is 16.5. The minimum absolute atomic E-state index is 0.0610. The van der Waals surface area contributed by atoms with Crippen molar-refractivity contribution in [3.63, 3.8) is 0 Å². The molecular weight excluding hydrogens is 364 g/mol. The smallest absolute Gasteiger partial charge is 0.261 e. The number of nitrogens with zero attached hydrogens (tertiary/aromatic N) is 1. The van der Waals surface area contributed by atoms with Crippen LogP contribution in [-0.2, 0) is 21.4 Å². The first-order valence-electron chi connectivity index (χ1n) is 10.0. The Bertz CT molecular complexity index is 795. The number of benzene rings is 2. The van der Waals surface area contributed by atoms with Gasteiger partial charge in [-0.2, -0.15) is 0 Å². The second-order valence-corrected chi connectivity index (χ2v) is 8.18. The Morgan fingerprint density at radius 3 is 2.21 bits per heavy atom. The second-order valence-electron chi connectivity index (χ2n) is 8.18. The molecule has 0 radical (unpaired) electrons. The van der Waals surface area contributed by atoms with Gasteiger partial charge in [-0.15, -0.1) is 0 Å². The summed E-state index contributed by atoms with van der Waals surface area (Å²) in [5.74, 6) is 0.236. The zero-order valence-corrected chi connectivity index (χ0v) is 18.1. The van der Waals surface area contributed by atoms with E-state index in [1.54, 1.807) is 18.9 Å². The fourth-order valence-electron chi connectivity index (χ4n) is 3.06. The Balaban J connectivity index is 2.03. The molecule has 0 unspecified atom stereocenters. The van der Waals surface area contributed by atoms with E-state index < -0.39 is 6.04 Å². The van der Waals surface area contributed by atoms with E-state index in [9.17, 15) is 9.59 Å². The maximum absolute atomic E-state index is 12.8. The van der Waals surface area contributed by atoms with Gasteiger partial charge in [0.1, 0.15) is 11.8 Å². The Labute approximate surface area is 174 Å². The summed E-state index contributed by atoms with van der Waals surface area (Å²) in [6.07, 6.45) is 0.675. The quantitative estimate of drug-likeness (QED) is 0.742. The molecule has 0 heterocycles. The lowest BCUT2D eigenvalue weighted by Crippen LogP contribution is -2.49. The lowest BCUT2D eigenvalue weighted by Gasteiger charge is -2.28. The van der Waals surface area contributed by atoms with Crippen LogP contribution in [0.25, 0.3) is 0 Å². The van der Waals surface area contributed by atoms with Crippen molar-refractivity contribution in [2.45, 2.75) is 45.6 Å². The van der Waals surface area contributed by atoms with Crippen LogP contribution in [0, 0.1) is 0 Å². The topological polar surface area (TPSA) is 58.6 Å². The van der Waals surface area contributed by atoms with Gasteiger partial charge < -0.3 is 15.0 Å². The molecule has 0 aliphatic carbocycles. The van der Waals surface area contributed by atoms with E-state index in [0.29, 0.717) is 18.7 Å². The van der Waals surface area contributed by atoms with E-state index in [4.69, 9.17) is 4.74 Å². The number of ether oxygens (including phenoxy) is 1. The van der Waals surface area contributed by atoms with Crippen molar-refractivity contribution in [2.75, 3.05) is 20.2 Å².